The Morgan fingerprint density at radius 1 is 1.21 bits per heavy atom. The summed E-state index contributed by atoms with van der Waals surface area (Å²) in [7, 11) is 0. The lowest BCUT2D eigenvalue weighted by molar-refractivity contribution is -0.143. The van der Waals surface area contributed by atoms with E-state index in [2.05, 4.69) is 10.6 Å². The third-order valence-electron chi connectivity index (χ3n) is 4.37. The standard InChI is InChI=1S/C23H32N4O7/c1-6-33-19(30)9-11-25-21(31)20(16-7-8-17(28)15(2)13-16)27(12-10-24)18(29)14-26-22(32)34-23(3,4)5/h7-8,13,20,28H,6,9,11-12,14H2,1-5H3,(H,25,31)(H,26,32). The zero-order valence-corrected chi connectivity index (χ0v) is 20.1. The molecule has 11 heteroatoms. The van der Waals surface area contributed by atoms with Gasteiger partial charge in [-0.25, -0.2) is 4.79 Å². The van der Waals surface area contributed by atoms with Crippen LogP contribution in [0.5, 0.6) is 5.75 Å². The van der Waals surface area contributed by atoms with Crippen molar-refractivity contribution in [2.45, 2.75) is 52.7 Å². The molecule has 0 bridgehead atoms. The smallest absolute Gasteiger partial charge is 0.408 e. The Labute approximate surface area is 199 Å². The van der Waals surface area contributed by atoms with Crippen LogP contribution >= 0.6 is 0 Å². The van der Waals surface area contributed by atoms with Crippen LogP contribution in [0.4, 0.5) is 4.79 Å². The summed E-state index contributed by atoms with van der Waals surface area (Å²) in [4.78, 5) is 50.5. The van der Waals surface area contributed by atoms with Gasteiger partial charge in [0.25, 0.3) is 0 Å². The second kappa shape index (κ2) is 13.0. The highest BCUT2D eigenvalue weighted by Crippen LogP contribution is 2.26. The van der Waals surface area contributed by atoms with Gasteiger partial charge in [0.1, 0.15) is 30.5 Å². The third kappa shape index (κ3) is 9.36. The van der Waals surface area contributed by atoms with Gasteiger partial charge >= 0.3 is 12.1 Å². The molecule has 0 aliphatic rings. The van der Waals surface area contributed by atoms with Gasteiger partial charge < -0.3 is 30.1 Å². The zero-order chi connectivity index (χ0) is 25.9. The van der Waals surface area contributed by atoms with Crippen molar-refractivity contribution in [1.29, 1.82) is 5.26 Å². The Morgan fingerprint density at radius 2 is 1.88 bits per heavy atom. The molecule has 3 amide bonds. The predicted octanol–water partition coefficient (Wildman–Crippen LogP) is 1.69. The van der Waals surface area contributed by atoms with E-state index in [-0.39, 0.29) is 25.3 Å². The fraction of sp³-hybridized carbons (Fsp3) is 0.522. The normalized spacial score (nSPS) is 11.5. The highest BCUT2D eigenvalue weighted by molar-refractivity contribution is 5.90. The first-order valence-electron chi connectivity index (χ1n) is 10.8. The van der Waals surface area contributed by atoms with Gasteiger partial charge in [0.2, 0.25) is 11.8 Å². The number of carbonyl (C=O) groups is 4. The number of hydrogen-bond acceptors (Lipinski definition) is 8. The molecule has 186 valence electrons. The number of nitrogens with zero attached hydrogens (tertiary/aromatic N) is 2. The highest BCUT2D eigenvalue weighted by Gasteiger charge is 2.32. The molecule has 0 fully saturated rings. The topological polar surface area (TPSA) is 158 Å². The minimum absolute atomic E-state index is 0.00466. The monoisotopic (exact) mass is 476 g/mol. The van der Waals surface area contributed by atoms with E-state index in [1.165, 1.54) is 18.2 Å². The van der Waals surface area contributed by atoms with Crippen molar-refractivity contribution in [2.24, 2.45) is 0 Å². The molecule has 34 heavy (non-hydrogen) atoms. The summed E-state index contributed by atoms with van der Waals surface area (Å²) >= 11 is 0. The number of nitrogens with one attached hydrogen (secondary N) is 2. The minimum Gasteiger partial charge on any atom is -0.508 e. The molecule has 0 saturated carbocycles. The van der Waals surface area contributed by atoms with Crippen molar-refractivity contribution < 1.29 is 33.8 Å². The van der Waals surface area contributed by atoms with Crippen molar-refractivity contribution in [2.75, 3.05) is 26.2 Å². The number of phenolic OH excluding ortho intramolecular Hbond substituents is 1. The summed E-state index contributed by atoms with van der Waals surface area (Å²) < 4.78 is 9.94. The Bertz CT molecular complexity index is 934. The summed E-state index contributed by atoms with van der Waals surface area (Å²) in [6.07, 6.45) is -0.901. The van der Waals surface area contributed by atoms with Crippen LogP contribution in [0.3, 0.4) is 0 Å². The first kappa shape index (κ1) is 28.2. The number of amides is 3. The fourth-order valence-electron chi connectivity index (χ4n) is 2.90. The van der Waals surface area contributed by atoms with E-state index in [0.717, 1.165) is 4.90 Å². The van der Waals surface area contributed by atoms with Crippen LogP contribution in [-0.4, -0.2) is 65.7 Å². The van der Waals surface area contributed by atoms with Gasteiger partial charge in [-0.05, 0) is 57.9 Å². The molecular formula is C23H32N4O7. The first-order chi connectivity index (χ1) is 15.9. The number of ether oxygens (including phenoxy) is 2. The van der Waals surface area contributed by atoms with Crippen LogP contribution in [0.25, 0.3) is 0 Å². The van der Waals surface area contributed by atoms with Gasteiger partial charge in [0.15, 0.2) is 0 Å². The van der Waals surface area contributed by atoms with Crippen LogP contribution in [0.1, 0.15) is 51.3 Å². The van der Waals surface area contributed by atoms with E-state index in [9.17, 15) is 29.5 Å². The van der Waals surface area contributed by atoms with E-state index >= 15 is 0 Å². The number of alkyl carbamates (subject to hydrolysis) is 1. The second-order valence-corrected chi connectivity index (χ2v) is 8.33. The molecular weight excluding hydrogens is 444 g/mol. The number of benzene rings is 1. The van der Waals surface area contributed by atoms with E-state index < -0.39 is 48.6 Å². The average molecular weight is 477 g/mol. The first-order valence-corrected chi connectivity index (χ1v) is 10.8. The van der Waals surface area contributed by atoms with Crippen LogP contribution < -0.4 is 10.6 Å². The summed E-state index contributed by atoms with van der Waals surface area (Å²) in [5.41, 5.74) is 0.0209. The van der Waals surface area contributed by atoms with Crippen LogP contribution in [0.2, 0.25) is 0 Å². The van der Waals surface area contributed by atoms with Crippen molar-refractivity contribution in [3.63, 3.8) is 0 Å². The number of rotatable bonds is 10. The molecule has 0 aliphatic heterocycles. The molecule has 0 saturated heterocycles. The zero-order valence-electron chi connectivity index (χ0n) is 20.1. The van der Waals surface area contributed by atoms with E-state index in [4.69, 9.17) is 9.47 Å². The van der Waals surface area contributed by atoms with E-state index in [1.54, 1.807) is 34.6 Å². The molecule has 0 spiro atoms. The second-order valence-electron chi connectivity index (χ2n) is 8.33. The minimum atomic E-state index is -1.26. The van der Waals surface area contributed by atoms with Gasteiger partial charge in [0.05, 0.1) is 19.1 Å². The predicted molar refractivity (Wildman–Crippen MR) is 121 cm³/mol. The van der Waals surface area contributed by atoms with Gasteiger partial charge in [-0.1, -0.05) is 6.07 Å². The maximum atomic E-state index is 13.1. The molecule has 0 heterocycles. The maximum absolute atomic E-state index is 13.1. The number of carbonyl (C=O) groups excluding carboxylic acids is 4. The van der Waals surface area contributed by atoms with Crippen LogP contribution in [-0.2, 0) is 23.9 Å². The van der Waals surface area contributed by atoms with E-state index in [0.29, 0.717) is 11.1 Å². The van der Waals surface area contributed by atoms with Crippen molar-refractivity contribution in [1.82, 2.24) is 15.5 Å². The van der Waals surface area contributed by atoms with Crippen molar-refractivity contribution in [3.8, 4) is 11.8 Å². The molecule has 0 aromatic heterocycles. The average Bonchev–Trinajstić information content (AvgIpc) is 2.73. The van der Waals surface area contributed by atoms with Crippen LogP contribution in [0.15, 0.2) is 18.2 Å². The Hall–Kier alpha value is -3.81. The molecule has 1 atom stereocenters. The molecule has 3 N–H and O–H groups in total. The summed E-state index contributed by atoms with van der Waals surface area (Å²) in [5.74, 6) is -1.85. The molecule has 1 aromatic carbocycles. The maximum Gasteiger partial charge on any atom is 0.408 e. The summed E-state index contributed by atoms with van der Waals surface area (Å²) in [5, 5.41) is 24.1. The lowest BCUT2D eigenvalue weighted by Gasteiger charge is -2.30. The number of phenols is 1. The highest BCUT2D eigenvalue weighted by atomic mass is 16.6. The van der Waals surface area contributed by atoms with Crippen molar-refractivity contribution in [3.05, 3.63) is 29.3 Å². The largest absolute Gasteiger partial charge is 0.508 e. The van der Waals surface area contributed by atoms with Gasteiger partial charge in [-0.15, -0.1) is 0 Å². The Kier molecular flexibility index (Phi) is 10.8. The number of aryl methyl sites for hydroxylation is 1. The van der Waals surface area contributed by atoms with Gasteiger partial charge in [-0.2, -0.15) is 5.26 Å². The summed E-state index contributed by atoms with van der Waals surface area (Å²) in [6, 6.07) is 4.94. The molecule has 1 rings (SSSR count). The van der Waals surface area contributed by atoms with Crippen molar-refractivity contribution >= 4 is 23.9 Å². The van der Waals surface area contributed by atoms with Gasteiger partial charge in [0, 0.05) is 6.54 Å². The number of aromatic hydroxyl groups is 1. The van der Waals surface area contributed by atoms with E-state index in [1.807, 2.05) is 6.07 Å². The fourth-order valence-corrected chi connectivity index (χ4v) is 2.90. The quantitative estimate of drug-likeness (QED) is 0.340. The lowest BCUT2D eigenvalue weighted by Crippen LogP contribution is -2.48. The molecule has 0 aliphatic carbocycles. The molecule has 11 nitrogen and oxygen atoms in total. The van der Waals surface area contributed by atoms with Gasteiger partial charge in [-0.3, -0.25) is 14.4 Å². The molecule has 1 aromatic rings. The molecule has 1 unspecified atom stereocenters. The SMILES string of the molecule is CCOC(=O)CCNC(=O)C(c1ccc(O)c(C)c1)N(CC#N)C(=O)CNC(=O)OC(C)(C)C. The lowest BCUT2D eigenvalue weighted by atomic mass is 10.0. The number of hydrogen-bond donors (Lipinski definition) is 3. The third-order valence-corrected chi connectivity index (χ3v) is 4.37. The number of esters is 1. The van der Waals surface area contributed by atoms with Crippen LogP contribution in [0, 0.1) is 18.3 Å². The molecule has 0 radical (unpaired) electrons. The Balaban J connectivity index is 3.13. The summed E-state index contributed by atoms with van der Waals surface area (Å²) in [6.45, 7) is 7.48. The Morgan fingerprint density at radius 3 is 2.44 bits per heavy atom. The number of nitriles is 1.